The Morgan fingerprint density at radius 1 is 1.14 bits per heavy atom. The molecule has 0 bridgehead atoms. The van der Waals surface area contributed by atoms with E-state index >= 15 is 0 Å². The molecule has 114 valence electrons. The molecule has 1 fully saturated rings. The van der Waals surface area contributed by atoms with E-state index in [0.29, 0.717) is 5.69 Å². The standard InChI is InChI=1S/C16H18F3NO/c1-2-9-15(21,16(17,18)19)13-7-6-8-14(12-13)20-10-4-3-5-11-20/h6-8,12,21H,3-5,10-11H2,1H3. The van der Waals surface area contributed by atoms with Crippen LogP contribution in [0.25, 0.3) is 0 Å². The Labute approximate surface area is 122 Å². The molecule has 1 aromatic carbocycles. The lowest BCUT2D eigenvalue weighted by molar-refractivity contribution is -0.240. The largest absolute Gasteiger partial charge is 0.433 e. The van der Waals surface area contributed by atoms with Crippen molar-refractivity contribution >= 4 is 5.69 Å². The summed E-state index contributed by atoms with van der Waals surface area (Å²) in [6.45, 7) is 2.94. The molecule has 21 heavy (non-hydrogen) atoms. The number of rotatable bonds is 2. The highest BCUT2D eigenvalue weighted by molar-refractivity contribution is 5.51. The topological polar surface area (TPSA) is 23.5 Å². The third-order valence-corrected chi connectivity index (χ3v) is 3.70. The first-order chi connectivity index (χ1) is 9.88. The SMILES string of the molecule is CC#CC(O)(c1cccc(N2CCCCC2)c1)C(F)(F)F. The summed E-state index contributed by atoms with van der Waals surface area (Å²) >= 11 is 0. The summed E-state index contributed by atoms with van der Waals surface area (Å²) in [5.74, 6) is 4.09. The summed E-state index contributed by atoms with van der Waals surface area (Å²) in [6, 6.07) is 5.97. The Hall–Kier alpha value is -1.67. The number of benzene rings is 1. The zero-order valence-electron chi connectivity index (χ0n) is 11.9. The van der Waals surface area contributed by atoms with E-state index in [-0.39, 0.29) is 5.56 Å². The Morgan fingerprint density at radius 3 is 2.38 bits per heavy atom. The minimum absolute atomic E-state index is 0.229. The van der Waals surface area contributed by atoms with Crippen molar-refractivity contribution in [3.8, 4) is 11.8 Å². The molecule has 1 aliphatic heterocycles. The van der Waals surface area contributed by atoms with Gasteiger partial charge in [0.1, 0.15) is 0 Å². The maximum absolute atomic E-state index is 13.2. The van der Waals surface area contributed by atoms with Gasteiger partial charge >= 0.3 is 6.18 Å². The van der Waals surface area contributed by atoms with Crippen LogP contribution in [-0.2, 0) is 5.60 Å². The normalized spacial score (nSPS) is 18.6. The predicted molar refractivity (Wildman–Crippen MR) is 75.9 cm³/mol. The van der Waals surface area contributed by atoms with Crippen LogP contribution in [-0.4, -0.2) is 24.4 Å². The monoisotopic (exact) mass is 297 g/mol. The molecule has 1 N–H and O–H groups in total. The number of halogens is 3. The van der Waals surface area contributed by atoms with E-state index in [4.69, 9.17) is 0 Å². The molecule has 1 atom stereocenters. The van der Waals surface area contributed by atoms with Crippen LogP contribution in [0.5, 0.6) is 0 Å². The van der Waals surface area contributed by atoms with Gasteiger partial charge in [-0.3, -0.25) is 0 Å². The van der Waals surface area contributed by atoms with Crippen LogP contribution >= 0.6 is 0 Å². The summed E-state index contributed by atoms with van der Waals surface area (Å²) in [7, 11) is 0. The van der Waals surface area contributed by atoms with Crippen molar-refractivity contribution in [2.75, 3.05) is 18.0 Å². The fourth-order valence-electron chi connectivity index (χ4n) is 2.57. The maximum Gasteiger partial charge on any atom is 0.433 e. The lowest BCUT2D eigenvalue weighted by atomic mass is 9.93. The smallest absolute Gasteiger partial charge is 0.372 e. The van der Waals surface area contributed by atoms with E-state index in [1.165, 1.54) is 25.1 Å². The lowest BCUT2D eigenvalue weighted by Gasteiger charge is -2.31. The molecule has 1 aromatic rings. The van der Waals surface area contributed by atoms with Crippen LogP contribution in [0.2, 0.25) is 0 Å². The van der Waals surface area contributed by atoms with Gasteiger partial charge in [-0.05, 0) is 38.3 Å². The Morgan fingerprint density at radius 2 is 1.81 bits per heavy atom. The molecule has 0 aliphatic carbocycles. The summed E-state index contributed by atoms with van der Waals surface area (Å²) in [5, 5.41) is 10.0. The molecular formula is C16H18F3NO. The molecule has 0 amide bonds. The van der Waals surface area contributed by atoms with Crippen molar-refractivity contribution in [2.24, 2.45) is 0 Å². The highest BCUT2D eigenvalue weighted by Crippen LogP contribution is 2.39. The van der Waals surface area contributed by atoms with Crippen molar-refractivity contribution < 1.29 is 18.3 Å². The van der Waals surface area contributed by atoms with Gasteiger partial charge in [0.15, 0.2) is 0 Å². The van der Waals surface area contributed by atoms with Crippen LogP contribution in [0, 0.1) is 11.8 Å². The molecule has 1 aliphatic rings. The van der Waals surface area contributed by atoms with Gasteiger partial charge in [0, 0.05) is 24.3 Å². The van der Waals surface area contributed by atoms with Gasteiger partial charge in [-0.1, -0.05) is 18.1 Å². The number of alkyl halides is 3. The van der Waals surface area contributed by atoms with Gasteiger partial charge in [-0.2, -0.15) is 13.2 Å². The summed E-state index contributed by atoms with van der Waals surface area (Å²) in [5.41, 5.74) is -2.65. The highest BCUT2D eigenvalue weighted by atomic mass is 19.4. The van der Waals surface area contributed by atoms with Gasteiger partial charge < -0.3 is 10.0 Å². The van der Waals surface area contributed by atoms with Gasteiger partial charge in [0.25, 0.3) is 0 Å². The zero-order valence-corrected chi connectivity index (χ0v) is 11.9. The van der Waals surface area contributed by atoms with Crippen LogP contribution in [0.4, 0.5) is 18.9 Å². The Kier molecular flexibility index (Phi) is 4.48. The fraction of sp³-hybridized carbons (Fsp3) is 0.500. The molecule has 0 saturated carbocycles. The second-order valence-corrected chi connectivity index (χ2v) is 5.18. The van der Waals surface area contributed by atoms with E-state index < -0.39 is 11.8 Å². The summed E-state index contributed by atoms with van der Waals surface area (Å²) < 4.78 is 39.6. The summed E-state index contributed by atoms with van der Waals surface area (Å²) in [4.78, 5) is 2.04. The van der Waals surface area contributed by atoms with Gasteiger partial charge in [0.05, 0.1) is 0 Å². The van der Waals surface area contributed by atoms with E-state index in [2.05, 4.69) is 5.92 Å². The van der Waals surface area contributed by atoms with E-state index in [0.717, 1.165) is 32.4 Å². The fourth-order valence-corrected chi connectivity index (χ4v) is 2.57. The van der Waals surface area contributed by atoms with Gasteiger partial charge in [-0.25, -0.2) is 0 Å². The minimum atomic E-state index is -4.84. The highest BCUT2D eigenvalue weighted by Gasteiger charge is 2.54. The first-order valence-electron chi connectivity index (χ1n) is 6.97. The molecule has 0 spiro atoms. The van der Waals surface area contributed by atoms with Crippen molar-refractivity contribution in [1.82, 2.24) is 0 Å². The molecule has 0 radical (unpaired) electrons. The number of aliphatic hydroxyl groups is 1. The maximum atomic E-state index is 13.2. The number of anilines is 1. The molecule has 2 rings (SSSR count). The van der Waals surface area contributed by atoms with Crippen molar-refractivity contribution in [2.45, 2.75) is 38.0 Å². The first kappa shape index (κ1) is 15.7. The summed E-state index contributed by atoms with van der Waals surface area (Å²) in [6.07, 6.45) is -1.63. The zero-order chi connectivity index (χ0) is 15.5. The van der Waals surface area contributed by atoms with Crippen LogP contribution in [0.3, 0.4) is 0 Å². The molecule has 2 nitrogen and oxygen atoms in total. The van der Waals surface area contributed by atoms with Crippen LogP contribution < -0.4 is 4.90 Å². The van der Waals surface area contributed by atoms with Gasteiger partial charge in [-0.15, -0.1) is 5.92 Å². The Balaban J connectivity index is 2.40. The molecule has 0 aromatic heterocycles. The third kappa shape index (κ3) is 3.16. The third-order valence-electron chi connectivity index (χ3n) is 3.70. The van der Waals surface area contributed by atoms with Crippen LogP contribution in [0.1, 0.15) is 31.7 Å². The van der Waals surface area contributed by atoms with Crippen molar-refractivity contribution in [1.29, 1.82) is 0 Å². The van der Waals surface area contributed by atoms with E-state index in [1.807, 2.05) is 10.8 Å². The predicted octanol–water partition coefficient (Wildman–Crippen LogP) is 3.45. The van der Waals surface area contributed by atoms with Crippen LogP contribution in [0.15, 0.2) is 24.3 Å². The number of piperidine rings is 1. The number of nitrogens with zero attached hydrogens (tertiary/aromatic N) is 1. The average Bonchev–Trinajstić information content (AvgIpc) is 2.47. The van der Waals surface area contributed by atoms with E-state index in [9.17, 15) is 18.3 Å². The average molecular weight is 297 g/mol. The number of hydrogen-bond acceptors (Lipinski definition) is 2. The molecule has 1 heterocycles. The Bertz CT molecular complexity index is 553. The first-order valence-corrected chi connectivity index (χ1v) is 6.97. The molecule has 5 heteroatoms. The molecule has 1 saturated heterocycles. The minimum Gasteiger partial charge on any atom is -0.372 e. The van der Waals surface area contributed by atoms with E-state index in [1.54, 1.807) is 6.07 Å². The molecule has 1 unspecified atom stereocenters. The quantitative estimate of drug-likeness (QED) is 0.845. The second kappa shape index (κ2) is 5.98. The van der Waals surface area contributed by atoms with Crippen molar-refractivity contribution in [3.63, 3.8) is 0 Å². The number of hydrogen-bond donors (Lipinski definition) is 1. The van der Waals surface area contributed by atoms with Gasteiger partial charge in [0.2, 0.25) is 5.60 Å². The lowest BCUT2D eigenvalue weighted by Crippen LogP contribution is -2.41. The van der Waals surface area contributed by atoms with Crippen molar-refractivity contribution in [3.05, 3.63) is 29.8 Å². The molecular weight excluding hydrogens is 279 g/mol. The second-order valence-electron chi connectivity index (χ2n) is 5.18.